The molecular weight excluding hydrogens is 242 g/mol. The van der Waals surface area contributed by atoms with E-state index in [2.05, 4.69) is 21.4 Å². The molecule has 0 N–H and O–H groups in total. The van der Waals surface area contributed by atoms with Gasteiger partial charge in [0.2, 0.25) is 0 Å². The third kappa shape index (κ3) is 2.02. The van der Waals surface area contributed by atoms with E-state index in [-0.39, 0.29) is 5.41 Å². The standard InChI is InChI=1S/C14H13N3S/c15-10-14(4-1-5-14)8-13-17-12(9-18-13)11-2-6-16-7-3-11/h2-3,6-7,9H,1,4-5,8H2. The lowest BCUT2D eigenvalue weighted by Crippen LogP contribution is -2.29. The van der Waals surface area contributed by atoms with Crippen LogP contribution in [0.3, 0.4) is 0 Å². The summed E-state index contributed by atoms with van der Waals surface area (Å²) in [6, 6.07) is 6.39. The number of thiazole rings is 1. The Morgan fingerprint density at radius 2 is 2.11 bits per heavy atom. The van der Waals surface area contributed by atoms with Crippen LogP contribution in [0, 0.1) is 16.7 Å². The summed E-state index contributed by atoms with van der Waals surface area (Å²) in [6.45, 7) is 0. The van der Waals surface area contributed by atoms with Crippen molar-refractivity contribution >= 4 is 11.3 Å². The maximum absolute atomic E-state index is 9.24. The zero-order chi connectivity index (χ0) is 12.4. The maximum Gasteiger partial charge on any atom is 0.0948 e. The van der Waals surface area contributed by atoms with Gasteiger partial charge in [0.05, 0.1) is 22.2 Å². The molecule has 0 unspecified atom stereocenters. The molecule has 1 aliphatic rings. The van der Waals surface area contributed by atoms with Crippen LogP contribution < -0.4 is 0 Å². The van der Waals surface area contributed by atoms with Crippen LogP contribution in [0.15, 0.2) is 29.9 Å². The predicted molar refractivity (Wildman–Crippen MR) is 70.9 cm³/mol. The number of hydrogen-bond acceptors (Lipinski definition) is 4. The second kappa shape index (κ2) is 4.51. The van der Waals surface area contributed by atoms with Gasteiger partial charge in [-0.1, -0.05) is 6.42 Å². The van der Waals surface area contributed by atoms with Gasteiger partial charge in [-0.3, -0.25) is 4.98 Å². The van der Waals surface area contributed by atoms with Crippen LogP contribution in [0.4, 0.5) is 0 Å². The molecule has 0 spiro atoms. The monoisotopic (exact) mass is 255 g/mol. The van der Waals surface area contributed by atoms with Crippen molar-refractivity contribution < 1.29 is 0 Å². The fraction of sp³-hybridized carbons (Fsp3) is 0.357. The Hall–Kier alpha value is -1.73. The molecule has 18 heavy (non-hydrogen) atoms. The third-order valence-electron chi connectivity index (χ3n) is 3.57. The Balaban J connectivity index is 1.80. The molecular formula is C14H13N3S. The van der Waals surface area contributed by atoms with Gasteiger partial charge in [-0.05, 0) is 25.0 Å². The molecule has 1 saturated carbocycles. The summed E-state index contributed by atoms with van der Waals surface area (Å²) in [4.78, 5) is 8.64. The summed E-state index contributed by atoms with van der Waals surface area (Å²) in [5, 5.41) is 12.4. The first-order valence-electron chi connectivity index (χ1n) is 6.07. The van der Waals surface area contributed by atoms with Gasteiger partial charge >= 0.3 is 0 Å². The number of rotatable bonds is 3. The van der Waals surface area contributed by atoms with Crippen molar-refractivity contribution in [2.75, 3.05) is 0 Å². The topological polar surface area (TPSA) is 49.6 Å². The Bertz CT molecular complexity index is 579. The lowest BCUT2D eigenvalue weighted by Gasteiger charge is -2.34. The first-order chi connectivity index (χ1) is 8.81. The van der Waals surface area contributed by atoms with E-state index in [1.807, 2.05) is 12.1 Å². The molecule has 0 radical (unpaired) electrons. The van der Waals surface area contributed by atoms with Crippen molar-refractivity contribution in [2.45, 2.75) is 25.7 Å². The highest BCUT2D eigenvalue weighted by atomic mass is 32.1. The molecule has 3 nitrogen and oxygen atoms in total. The molecule has 2 aromatic heterocycles. The van der Waals surface area contributed by atoms with E-state index < -0.39 is 0 Å². The average molecular weight is 255 g/mol. The highest BCUT2D eigenvalue weighted by Crippen LogP contribution is 2.43. The minimum atomic E-state index is -0.132. The Morgan fingerprint density at radius 3 is 2.72 bits per heavy atom. The van der Waals surface area contributed by atoms with Crippen LogP contribution in [0.5, 0.6) is 0 Å². The lowest BCUT2D eigenvalue weighted by atomic mass is 9.68. The van der Waals surface area contributed by atoms with Crippen molar-refractivity contribution in [3.8, 4) is 17.3 Å². The first-order valence-corrected chi connectivity index (χ1v) is 6.95. The Morgan fingerprint density at radius 1 is 1.33 bits per heavy atom. The van der Waals surface area contributed by atoms with E-state index >= 15 is 0 Å². The van der Waals surface area contributed by atoms with Crippen molar-refractivity contribution in [3.63, 3.8) is 0 Å². The van der Waals surface area contributed by atoms with Gasteiger partial charge in [0, 0.05) is 29.8 Å². The largest absolute Gasteiger partial charge is 0.265 e. The predicted octanol–water partition coefficient (Wildman–Crippen LogP) is 3.44. The summed E-state index contributed by atoms with van der Waals surface area (Å²) in [7, 11) is 0. The van der Waals surface area contributed by atoms with Gasteiger partial charge in [-0.15, -0.1) is 11.3 Å². The van der Waals surface area contributed by atoms with Crippen molar-refractivity contribution in [1.82, 2.24) is 9.97 Å². The third-order valence-corrected chi connectivity index (χ3v) is 4.41. The van der Waals surface area contributed by atoms with E-state index in [1.54, 1.807) is 23.7 Å². The molecule has 0 saturated heterocycles. The van der Waals surface area contributed by atoms with Crippen molar-refractivity contribution in [2.24, 2.45) is 5.41 Å². The van der Waals surface area contributed by atoms with Gasteiger partial charge in [-0.2, -0.15) is 5.26 Å². The quantitative estimate of drug-likeness (QED) is 0.844. The maximum atomic E-state index is 9.24. The van der Waals surface area contributed by atoms with E-state index in [1.165, 1.54) is 6.42 Å². The molecule has 0 amide bonds. The number of pyridine rings is 1. The lowest BCUT2D eigenvalue weighted by molar-refractivity contribution is 0.214. The molecule has 90 valence electrons. The van der Waals surface area contributed by atoms with Gasteiger partial charge in [0.25, 0.3) is 0 Å². The minimum absolute atomic E-state index is 0.132. The highest BCUT2D eigenvalue weighted by Gasteiger charge is 2.38. The highest BCUT2D eigenvalue weighted by molar-refractivity contribution is 7.09. The molecule has 2 aromatic rings. The van der Waals surface area contributed by atoms with Gasteiger partial charge < -0.3 is 0 Å². The van der Waals surface area contributed by atoms with E-state index in [0.29, 0.717) is 0 Å². The zero-order valence-corrected chi connectivity index (χ0v) is 10.8. The SMILES string of the molecule is N#CC1(Cc2nc(-c3ccncc3)cs2)CCC1. The molecule has 1 aliphatic carbocycles. The van der Waals surface area contributed by atoms with Gasteiger partial charge in [-0.25, -0.2) is 4.98 Å². The van der Waals surface area contributed by atoms with Crippen LogP contribution in [0.25, 0.3) is 11.3 Å². The van der Waals surface area contributed by atoms with Gasteiger partial charge in [0.1, 0.15) is 0 Å². The normalized spacial score (nSPS) is 16.8. The Labute approximate surface area is 110 Å². The van der Waals surface area contributed by atoms with Crippen LogP contribution in [-0.2, 0) is 6.42 Å². The Kier molecular flexibility index (Phi) is 2.85. The summed E-state index contributed by atoms with van der Waals surface area (Å²) >= 11 is 1.65. The zero-order valence-electron chi connectivity index (χ0n) is 9.97. The fourth-order valence-corrected chi connectivity index (χ4v) is 3.22. The van der Waals surface area contributed by atoms with E-state index in [4.69, 9.17) is 0 Å². The number of aromatic nitrogens is 2. The molecule has 4 heteroatoms. The molecule has 0 atom stereocenters. The van der Waals surface area contributed by atoms with Crippen LogP contribution in [0.2, 0.25) is 0 Å². The summed E-state index contributed by atoms with van der Waals surface area (Å²) < 4.78 is 0. The summed E-state index contributed by atoms with van der Waals surface area (Å²) in [5.74, 6) is 0. The minimum Gasteiger partial charge on any atom is -0.265 e. The fourth-order valence-electron chi connectivity index (χ4n) is 2.27. The second-order valence-corrected chi connectivity index (χ2v) is 5.73. The van der Waals surface area contributed by atoms with Crippen molar-refractivity contribution in [3.05, 3.63) is 34.9 Å². The number of nitriles is 1. The van der Waals surface area contributed by atoms with Crippen LogP contribution in [0.1, 0.15) is 24.3 Å². The molecule has 0 aliphatic heterocycles. The summed E-state index contributed by atoms with van der Waals surface area (Å²) in [6.07, 6.45) is 7.57. The van der Waals surface area contributed by atoms with E-state index in [9.17, 15) is 5.26 Å². The van der Waals surface area contributed by atoms with E-state index in [0.717, 1.165) is 35.5 Å². The number of nitrogens with zero attached hydrogens (tertiary/aromatic N) is 3. The van der Waals surface area contributed by atoms with Crippen LogP contribution in [-0.4, -0.2) is 9.97 Å². The molecule has 0 bridgehead atoms. The number of hydrogen-bond donors (Lipinski definition) is 0. The molecule has 1 fully saturated rings. The molecule has 3 rings (SSSR count). The summed E-state index contributed by atoms with van der Waals surface area (Å²) in [5.41, 5.74) is 1.95. The first kappa shape index (κ1) is 11.4. The molecule has 0 aromatic carbocycles. The van der Waals surface area contributed by atoms with Crippen molar-refractivity contribution in [1.29, 1.82) is 5.26 Å². The van der Waals surface area contributed by atoms with Crippen LogP contribution >= 0.6 is 11.3 Å². The second-order valence-electron chi connectivity index (χ2n) is 4.78. The average Bonchev–Trinajstić information content (AvgIpc) is 2.83. The molecule has 2 heterocycles. The van der Waals surface area contributed by atoms with Gasteiger partial charge in [0.15, 0.2) is 0 Å². The smallest absolute Gasteiger partial charge is 0.0948 e.